The van der Waals surface area contributed by atoms with E-state index in [1.165, 1.54) is 12.6 Å². The molecular formula is C13H19N3O3. The fraction of sp³-hybridized carbons (Fsp3) is 0.615. The third-order valence-electron chi connectivity index (χ3n) is 3.62. The number of nitro groups is 1. The molecular weight excluding hydrogens is 246 g/mol. The molecule has 1 aromatic heterocycles. The van der Waals surface area contributed by atoms with Crippen LogP contribution in [-0.4, -0.2) is 22.1 Å². The van der Waals surface area contributed by atoms with Gasteiger partial charge in [0.25, 0.3) is 5.88 Å². The smallest absolute Gasteiger partial charge is 0.333 e. The summed E-state index contributed by atoms with van der Waals surface area (Å²) in [7, 11) is 0. The molecule has 0 aromatic carbocycles. The van der Waals surface area contributed by atoms with Crippen LogP contribution in [0.5, 0.6) is 5.88 Å². The maximum atomic E-state index is 11.0. The highest BCUT2D eigenvalue weighted by Gasteiger charge is 2.30. The Hall–Kier alpha value is -1.69. The lowest BCUT2D eigenvalue weighted by Gasteiger charge is -2.32. The van der Waals surface area contributed by atoms with Gasteiger partial charge in [-0.1, -0.05) is 19.3 Å². The lowest BCUT2D eigenvalue weighted by molar-refractivity contribution is -0.386. The number of ether oxygens (including phenoxy) is 1. The normalized spacial score (nSPS) is 18.0. The van der Waals surface area contributed by atoms with E-state index in [0.29, 0.717) is 5.56 Å². The molecule has 6 heteroatoms. The molecule has 0 atom stereocenters. The van der Waals surface area contributed by atoms with Crippen LogP contribution in [0.2, 0.25) is 0 Å². The first kappa shape index (κ1) is 13.7. The monoisotopic (exact) mass is 265 g/mol. The van der Waals surface area contributed by atoms with Gasteiger partial charge < -0.3 is 10.5 Å². The van der Waals surface area contributed by atoms with Crippen LogP contribution in [0.1, 0.15) is 37.7 Å². The van der Waals surface area contributed by atoms with E-state index in [1.807, 2.05) is 0 Å². The molecule has 2 rings (SSSR count). The van der Waals surface area contributed by atoms with Crippen molar-refractivity contribution in [2.24, 2.45) is 5.73 Å². The summed E-state index contributed by atoms with van der Waals surface area (Å²) < 4.78 is 5.54. The molecule has 0 radical (unpaired) electrons. The van der Waals surface area contributed by atoms with E-state index >= 15 is 0 Å². The van der Waals surface area contributed by atoms with Crippen LogP contribution in [0.15, 0.2) is 12.3 Å². The van der Waals surface area contributed by atoms with Crippen LogP contribution < -0.4 is 10.5 Å². The second kappa shape index (κ2) is 5.52. The fourth-order valence-electron chi connectivity index (χ4n) is 2.47. The van der Waals surface area contributed by atoms with Crippen molar-refractivity contribution in [1.82, 2.24) is 4.98 Å². The third kappa shape index (κ3) is 3.20. The van der Waals surface area contributed by atoms with E-state index in [1.54, 1.807) is 13.0 Å². The Morgan fingerprint density at radius 3 is 2.79 bits per heavy atom. The number of aromatic nitrogens is 1. The fourth-order valence-corrected chi connectivity index (χ4v) is 2.47. The topological polar surface area (TPSA) is 91.3 Å². The Morgan fingerprint density at radius 1 is 1.47 bits per heavy atom. The number of nitrogens with zero attached hydrogens (tertiary/aromatic N) is 2. The highest BCUT2D eigenvalue weighted by atomic mass is 16.6. The minimum Gasteiger partial charge on any atom is -0.471 e. The van der Waals surface area contributed by atoms with E-state index in [2.05, 4.69) is 4.98 Å². The second-order valence-electron chi connectivity index (χ2n) is 5.25. The second-order valence-corrected chi connectivity index (χ2v) is 5.25. The van der Waals surface area contributed by atoms with E-state index in [0.717, 1.165) is 25.7 Å². The van der Waals surface area contributed by atoms with Gasteiger partial charge in [0.2, 0.25) is 0 Å². The van der Waals surface area contributed by atoms with Gasteiger partial charge in [-0.15, -0.1) is 0 Å². The molecule has 0 bridgehead atoms. The van der Waals surface area contributed by atoms with Crippen molar-refractivity contribution in [3.8, 4) is 5.88 Å². The van der Waals surface area contributed by atoms with Crippen molar-refractivity contribution in [3.63, 3.8) is 0 Å². The van der Waals surface area contributed by atoms with Gasteiger partial charge in [-0.3, -0.25) is 10.1 Å². The van der Waals surface area contributed by atoms with Gasteiger partial charge in [0.1, 0.15) is 6.61 Å². The van der Waals surface area contributed by atoms with Crippen molar-refractivity contribution in [2.75, 3.05) is 6.61 Å². The van der Waals surface area contributed by atoms with Crippen LogP contribution in [0.3, 0.4) is 0 Å². The van der Waals surface area contributed by atoms with E-state index in [9.17, 15) is 10.1 Å². The quantitative estimate of drug-likeness (QED) is 0.666. The number of hydrogen-bond acceptors (Lipinski definition) is 5. The van der Waals surface area contributed by atoms with Gasteiger partial charge >= 0.3 is 5.69 Å². The van der Waals surface area contributed by atoms with Gasteiger partial charge in [0.15, 0.2) is 0 Å². The zero-order chi connectivity index (χ0) is 13.9. The van der Waals surface area contributed by atoms with Crippen LogP contribution in [0.25, 0.3) is 0 Å². The molecule has 1 heterocycles. The summed E-state index contributed by atoms with van der Waals surface area (Å²) in [5.41, 5.74) is 6.35. The lowest BCUT2D eigenvalue weighted by atomic mass is 9.83. The molecule has 2 N–H and O–H groups in total. The summed E-state index contributed by atoms with van der Waals surface area (Å²) >= 11 is 0. The highest BCUT2D eigenvalue weighted by molar-refractivity contribution is 5.47. The summed E-state index contributed by atoms with van der Waals surface area (Å²) in [5.74, 6) is 0.0698. The number of aryl methyl sites for hydroxylation is 1. The molecule has 0 unspecified atom stereocenters. The molecule has 0 aliphatic heterocycles. The summed E-state index contributed by atoms with van der Waals surface area (Å²) in [6.07, 6.45) is 6.68. The molecule has 0 saturated heterocycles. The Labute approximate surface area is 112 Å². The van der Waals surface area contributed by atoms with E-state index in [4.69, 9.17) is 10.5 Å². The average molecular weight is 265 g/mol. The Bertz CT molecular complexity index is 470. The predicted molar refractivity (Wildman–Crippen MR) is 71.1 cm³/mol. The van der Waals surface area contributed by atoms with Gasteiger partial charge in [-0.2, -0.15) is 0 Å². The van der Waals surface area contributed by atoms with Gasteiger partial charge in [0.05, 0.1) is 10.5 Å². The standard InChI is InChI=1S/C13H19N3O3/c1-10-5-8-15-12(11(10)16(17)18)19-9-13(14)6-3-2-4-7-13/h5,8H,2-4,6-7,9,14H2,1H3. The molecule has 0 amide bonds. The van der Waals surface area contributed by atoms with E-state index < -0.39 is 4.92 Å². The van der Waals surface area contributed by atoms with Crippen molar-refractivity contribution in [1.29, 1.82) is 0 Å². The summed E-state index contributed by atoms with van der Waals surface area (Å²) in [5, 5.41) is 11.0. The number of hydrogen-bond donors (Lipinski definition) is 1. The molecule has 6 nitrogen and oxygen atoms in total. The number of nitrogens with two attached hydrogens (primary N) is 1. The molecule has 1 saturated carbocycles. The lowest BCUT2D eigenvalue weighted by Crippen LogP contribution is -2.47. The SMILES string of the molecule is Cc1ccnc(OCC2(N)CCCCC2)c1[N+](=O)[O-]. The van der Waals surface area contributed by atoms with Gasteiger partial charge in [0, 0.05) is 11.8 Å². The minimum absolute atomic E-state index is 0.0677. The van der Waals surface area contributed by atoms with Crippen LogP contribution >= 0.6 is 0 Å². The zero-order valence-electron chi connectivity index (χ0n) is 11.1. The van der Waals surface area contributed by atoms with Crippen molar-refractivity contribution in [3.05, 3.63) is 27.9 Å². The van der Waals surface area contributed by atoms with Crippen LogP contribution in [0, 0.1) is 17.0 Å². The number of pyridine rings is 1. The molecule has 1 aliphatic carbocycles. The van der Waals surface area contributed by atoms with Crippen molar-refractivity contribution < 1.29 is 9.66 Å². The first-order chi connectivity index (χ1) is 9.02. The highest BCUT2D eigenvalue weighted by Crippen LogP contribution is 2.30. The molecule has 1 fully saturated rings. The Balaban J connectivity index is 2.11. The third-order valence-corrected chi connectivity index (χ3v) is 3.62. The van der Waals surface area contributed by atoms with Crippen LogP contribution in [-0.2, 0) is 0 Å². The average Bonchev–Trinajstić information content (AvgIpc) is 2.37. The van der Waals surface area contributed by atoms with Crippen molar-refractivity contribution >= 4 is 5.69 Å². The summed E-state index contributed by atoms with van der Waals surface area (Å²) in [6.45, 7) is 1.95. The number of rotatable bonds is 4. The van der Waals surface area contributed by atoms with Crippen LogP contribution in [0.4, 0.5) is 5.69 Å². The molecule has 104 valence electrons. The Morgan fingerprint density at radius 2 is 2.16 bits per heavy atom. The molecule has 19 heavy (non-hydrogen) atoms. The maximum Gasteiger partial charge on any atom is 0.333 e. The first-order valence-corrected chi connectivity index (χ1v) is 6.53. The zero-order valence-corrected chi connectivity index (χ0v) is 11.1. The first-order valence-electron chi connectivity index (χ1n) is 6.53. The van der Waals surface area contributed by atoms with Gasteiger partial charge in [-0.05, 0) is 25.8 Å². The minimum atomic E-state index is -0.457. The van der Waals surface area contributed by atoms with E-state index in [-0.39, 0.29) is 23.7 Å². The Kier molecular flexibility index (Phi) is 3.99. The molecule has 1 aromatic rings. The largest absolute Gasteiger partial charge is 0.471 e. The van der Waals surface area contributed by atoms with Gasteiger partial charge in [-0.25, -0.2) is 4.98 Å². The summed E-state index contributed by atoms with van der Waals surface area (Å²) in [4.78, 5) is 14.5. The predicted octanol–water partition coefficient (Wildman–Crippen LogP) is 2.34. The van der Waals surface area contributed by atoms with Crippen molar-refractivity contribution in [2.45, 2.75) is 44.6 Å². The maximum absolute atomic E-state index is 11.0. The molecule has 1 aliphatic rings. The summed E-state index contributed by atoms with van der Waals surface area (Å²) in [6, 6.07) is 1.60. The molecule has 0 spiro atoms.